The summed E-state index contributed by atoms with van der Waals surface area (Å²) in [5.74, 6) is -0.747. The molecular formula is C88H58F2N2. The van der Waals surface area contributed by atoms with Crippen molar-refractivity contribution in [2.45, 2.75) is 0 Å². The highest BCUT2D eigenvalue weighted by molar-refractivity contribution is 6.28. The van der Waals surface area contributed by atoms with Crippen LogP contribution in [-0.4, -0.2) is 0 Å². The maximum atomic E-state index is 18.5. The van der Waals surface area contributed by atoms with Crippen molar-refractivity contribution in [3.63, 3.8) is 0 Å². The number of rotatable bonds is 14. The van der Waals surface area contributed by atoms with Gasteiger partial charge in [-0.2, -0.15) is 0 Å². The lowest BCUT2D eigenvalue weighted by Gasteiger charge is -2.30. The third-order valence-corrected chi connectivity index (χ3v) is 18.0. The fourth-order valence-electron chi connectivity index (χ4n) is 13.8. The van der Waals surface area contributed by atoms with E-state index in [4.69, 9.17) is 0 Å². The summed E-state index contributed by atoms with van der Waals surface area (Å²) in [6.45, 7) is 0. The second-order valence-electron chi connectivity index (χ2n) is 23.3. The van der Waals surface area contributed by atoms with Crippen LogP contribution in [0, 0.1) is 11.6 Å². The molecule has 0 N–H and O–H groups in total. The molecule has 0 heterocycles. The van der Waals surface area contributed by atoms with Gasteiger partial charge in [-0.15, -0.1) is 0 Å². The Bertz CT molecular complexity index is 5010. The summed E-state index contributed by atoms with van der Waals surface area (Å²) < 4.78 is 37.0. The summed E-state index contributed by atoms with van der Waals surface area (Å²) in [5.41, 5.74) is 19.5. The van der Waals surface area contributed by atoms with Gasteiger partial charge in [0, 0.05) is 22.1 Å². The Morgan fingerprint density at radius 2 is 0.424 bits per heavy atom. The molecule has 0 bridgehead atoms. The van der Waals surface area contributed by atoms with Gasteiger partial charge in [-0.25, -0.2) is 8.78 Å². The Kier molecular flexibility index (Phi) is 14.3. The number of benzene rings is 16. The average molecular weight is 1180 g/mol. The van der Waals surface area contributed by atoms with Crippen LogP contribution in [0.4, 0.5) is 42.9 Å². The van der Waals surface area contributed by atoms with E-state index in [1.165, 1.54) is 0 Å². The van der Waals surface area contributed by atoms with Crippen molar-refractivity contribution >= 4 is 66.4 Å². The maximum absolute atomic E-state index is 18.5. The molecule has 92 heavy (non-hydrogen) atoms. The maximum Gasteiger partial charge on any atom is 0.147 e. The summed E-state index contributed by atoms with van der Waals surface area (Å²) in [5, 5.41) is 5.95. The number of hydrogen-bond donors (Lipinski definition) is 0. The molecule has 0 saturated heterocycles. The van der Waals surface area contributed by atoms with Gasteiger partial charge in [-0.05, 0) is 171 Å². The quantitative estimate of drug-likeness (QED) is 0.100. The lowest BCUT2D eigenvalue weighted by Crippen LogP contribution is -2.13. The predicted octanol–water partition coefficient (Wildman–Crippen LogP) is 25.1. The normalized spacial score (nSPS) is 11.4. The van der Waals surface area contributed by atoms with Crippen LogP contribution in [0.25, 0.3) is 121 Å². The van der Waals surface area contributed by atoms with Crippen molar-refractivity contribution in [2.24, 2.45) is 0 Å². The molecule has 16 rings (SSSR count). The molecule has 0 amide bonds. The SMILES string of the molecule is Fc1cc(-c2ccccc2-c2ccccc2)c(-c2ccccc2-c2ccccc2)cc1N(c1ccccc1)c1ccc2ccc3c(N(c4ccccc4)c4cc(-c5ccccc5-c5ccccc5)c(-c5ccccc5-c5ccccc5)cc4F)ccc4ccc1c2c43. The first kappa shape index (κ1) is 55.3. The van der Waals surface area contributed by atoms with Gasteiger partial charge in [0.2, 0.25) is 0 Å². The minimum absolute atomic E-state index is 0.374. The Balaban J connectivity index is 0.921. The second-order valence-corrected chi connectivity index (χ2v) is 23.3. The lowest BCUT2D eigenvalue weighted by molar-refractivity contribution is 0.629. The highest BCUT2D eigenvalue weighted by Gasteiger charge is 2.29. The molecule has 16 aromatic rings. The summed E-state index contributed by atoms with van der Waals surface area (Å²) in [4.78, 5) is 4.17. The van der Waals surface area contributed by atoms with E-state index in [2.05, 4.69) is 240 Å². The highest BCUT2D eigenvalue weighted by atomic mass is 19.1. The lowest BCUT2D eigenvalue weighted by atomic mass is 9.86. The number of anilines is 6. The number of para-hydroxylation sites is 2. The standard InChI is InChI=1S/C88H58F2N2/c89-81-55-77(71-43-23-19-39-67(71)59-27-7-1-8-28-59)79(73-45-25-21-41-69(73)61-31-11-3-12-32-61)57-85(81)91(65-35-15-5-16-36-65)83-53-49-63-48-52-76-84(54-50-64-47-51-75(83)87(63)88(64)76)92(66-37-17-6-18-38-66)86-58-80(74-46-26-22-42-70(74)62-33-13-4-14-34-62)78(56-82(86)90)72-44-24-20-40-68(72)60-29-9-2-10-30-60/h1-58H. The molecule has 2 nitrogen and oxygen atoms in total. The summed E-state index contributed by atoms with van der Waals surface area (Å²) >= 11 is 0. The van der Waals surface area contributed by atoms with E-state index in [0.29, 0.717) is 11.4 Å². The molecule has 0 radical (unpaired) electrons. The molecule has 0 aliphatic rings. The van der Waals surface area contributed by atoms with Crippen molar-refractivity contribution in [1.29, 1.82) is 0 Å². The molecule has 0 atom stereocenters. The van der Waals surface area contributed by atoms with E-state index in [0.717, 1.165) is 144 Å². The van der Waals surface area contributed by atoms with Gasteiger partial charge in [0.1, 0.15) is 11.6 Å². The van der Waals surface area contributed by atoms with Gasteiger partial charge >= 0.3 is 0 Å². The Morgan fingerprint density at radius 3 is 0.717 bits per heavy atom. The summed E-state index contributed by atoms with van der Waals surface area (Å²) in [7, 11) is 0. The average Bonchev–Trinajstić information content (AvgIpc) is 0.735. The van der Waals surface area contributed by atoms with Crippen molar-refractivity contribution in [2.75, 3.05) is 9.80 Å². The Morgan fingerprint density at radius 1 is 0.185 bits per heavy atom. The molecule has 0 aliphatic heterocycles. The second kappa shape index (κ2) is 23.8. The molecule has 0 unspecified atom stereocenters. The van der Waals surface area contributed by atoms with Crippen molar-refractivity contribution < 1.29 is 8.78 Å². The molecule has 0 spiro atoms. The third-order valence-electron chi connectivity index (χ3n) is 18.0. The van der Waals surface area contributed by atoms with Crippen LogP contribution in [0.1, 0.15) is 0 Å². The van der Waals surface area contributed by atoms with Gasteiger partial charge in [0.05, 0.1) is 22.7 Å². The highest BCUT2D eigenvalue weighted by Crippen LogP contribution is 2.53. The van der Waals surface area contributed by atoms with Crippen molar-refractivity contribution in [3.05, 3.63) is 363 Å². The Labute approximate surface area is 534 Å². The summed E-state index contributed by atoms with van der Waals surface area (Å²) in [6, 6.07) is 120. The zero-order chi connectivity index (χ0) is 61.5. The fourth-order valence-corrected chi connectivity index (χ4v) is 13.8. The van der Waals surface area contributed by atoms with E-state index in [9.17, 15) is 0 Å². The van der Waals surface area contributed by atoms with Crippen LogP contribution in [-0.2, 0) is 0 Å². The molecule has 0 fully saturated rings. The minimum atomic E-state index is -0.374. The van der Waals surface area contributed by atoms with Crippen LogP contribution < -0.4 is 9.80 Å². The molecule has 0 aliphatic carbocycles. The number of nitrogens with zero attached hydrogens (tertiary/aromatic N) is 2. The van der Waals surface area contributed by atoms with Crippen LogP contribution in [0.2, 0.25) is 0 Å². The largest absolute Gasteiger partial charge is 0.307 e. The predicted molar refractivity (Wildman–Crippen MR) is 383 cm³/mol. The van der Waals surface area contributed by atoms with Gasteiger partial charge in [0.25, 0.3) is 0 Å². The monoisotopic (exact) mass is 1180 g/mol. The molecule has 0 saturated carbocycles. The van der Waals surface area contributed by atoms with E-state index in [1.54, 1.807) is 12.1 Å². The van der Waals surface area contributed by atoms with Crippen LogP contribution in [0.3, 0.4) is 0 Å². The van der Waals surface area contributed by atoms with Crippen LogP contribution in [0.5, 0.6) is 0 Å². The van der Waals surface area contributed by atoms with Crippen LogP contribution >= 0.6 is 0 Å². The van der Waals surface area contributed by atoms with Gasteiger partial charge in [-0.1, -0.05) is 291 Å². The number of hydrogen-bond acceptors (Lipinski definition) is 2. The first-order chi connectivity index (χ1) is 45.5. The van der Waals surface area contributed by atoms with Gasteiger partial charge in [0.15, 0.2) is 0 Å². The van der Waals surface area contributed by atoms with E-state index >= 15 is 8.78 Å². The number of halogens is 2. The summed E-state index contributed by atoms with van der Waals surface area (Å²) in [6.07, 6.45) is 0. The molecule has 0 aromatic heterocycles. The van der Waals surface area contributed by atoms with E-state index < -0.39 is 0 Å². The zero-order valence-corrected chi connectivity index (χ0v) is 50.1. The van der Waals surface area contributed by atoms with Gasteiger partial charge in [-0.3, -0.25) is 0 Å². The minimum Gasteiger partial charge on any atom is -0.307 e. The smallest absolute Gasteiger partial charge is 0.147 e. The molecular weight excluding hydrogens is 1120 g/mol. The fraction of sp³-hybridized carbons (Fsp3) is 0. The first-order valence-electron chi connectivity index (χ1n) is 31.2. The third kappa shape index (κ3) is 9.92. The first-order valence-corrected chi connectivity index (χ1v) is 31.2. The van der Waals surface area contributed by atoms with E-state index in [-0.39, 0.29) is 11.6 Å². The topological polar surface area (TPSA) is 6.48 Å². The Hall–Kier alpha value is -12.0. The molecule has 4 heteroatoms. The van der Waals surface area contributed by atoms with E-state index in [1.807, 2.05) is 109 Å². The molecule has 434 valence electrons. The van der Waals surface area contributed by atoms with Crippen LogP contribution in [0.15, 0.2) is 352 Å². The molecule has 16 aromatic carbocycles. The van der Waals surface area contributed by atoms with Crippen molar-refractivity contribution in [1.82, 2.24) is 0 Å². The van der Waals surface area contributed by atoms with Crippen molar-refractivity contribution in [3.8, 4) is 89.0 Å². The zero-order valence-electron chi connectivity index (χ0n) is 50.1. The van der Waals surface area contributed by atoms with Gasteiger partial charge < -0.3 is 9.80 Å².